The summed E-state index contributed by atoms with van der Waals surface area (Å²) in [5.74, 6) is -0.310. The first-order valence-corrected chi connectivity index (χ1v) is 9.82. The first kappa shape index (κ1) is 20.3. The van der Waals surface area contributed by atoms with Gasteiger partial charge in [0.05, 0.1) is 0 Å². The van der Waals surface area contributed by atoms with E-state index in [0.29, 0.717) is 10.8 Å². The molecule has 2 aromatic rings. The van der Waals surface area contributed by atoms with Gasteiger partial charge in [-0.25, -0.2) is 4.98 Å². The molecular formula is C18H25N5OS2. The van der Waals surface area contributed by atoms with Crippen LogP contribution in [-0.4, -0.2) is 48.1 Å². The van der Waals surface area contributed by atoms with Gasteiger partial charge in [0.25, 0.3) is 5.91 Å². The lowest BCUT2D eigenvalue weighted by molar-refractivity contribution is 0.0939. The fraction of sp³-hybridized carbons (Fsp3) is 0.389. The Bertz CT molecular complexity index is 727. The normalized spacial score (nSPS) is 10.6. The van der Waals surface area contributed by atoms with Crippen molar-refractivity contribution >= 4 is 34.6 Å². The second-order valence-electron chi connectivity index (χ2n) is 6.08. The highest BCUT2D eigenvalue weighted by Crippen LogP contribution is 2.24. The molecule has 0 saturated heterocycles. The molecule has 0 radical (unpaired) electrons. The number of nitrogens with zero attached hydrogens (tertiary/aromatic N) is 2. The third-order valence-electron chi connectivity index (χ3n) is 3.70. The monoisotopic (exact) mass is 391 g/mol. The number of aryl methyl sites for hydroxylation is 1. The van der Waals surface area contributed by atoms with Crippen LogP contribution >= 0.6 is 23.6 Å². The van der Waals surface area contributed by atoms with Crippen LogP contribution in [-0.2, 0) is 6.42 Å². The molecule has 3 N–H and O–H groups in total. The molecule has 0 saturated carbocycles. The number of hydrogen-bond acceptors (Lipinski definition) is 5. The average molecular weight is 392 g/mol. The Hall–Kier alpha value is -2.03. The summed E-state index contributed by atoms with van der Waals surface area (Å²) < 4.78 is 0. The van der Waals surface area contributed by atoms with E-state index in [1.807, 2.05) is 26.2 Å². The zero-order chi connectivity index (χ0) is 18.9. The zero-order valence-electron chi connectivity index (χ0n) is 15.3. The first-order valence-electron chi connectivity index (χ1n) is 8.53. The summed E-state index contributed by atoms with van der Waals surface area (Å²) in [7, 11) is 4.05. The first-order chi connectivity index (χ1) is 12.5. The maximum absolute atomic E-state index is 12.2. The molecule has 6 nitrogen and oxygen atoms in total. The van der Waals surface area contributed by atoms with Crippen molar-refractivity contribution in [2.75, 3.05) is 27.2 Å². The lowest BCUT2D eigenvalue weighted by Crippen LogP contribution is -2.47. The number of hydrazine groups is 1. The molecule has 0 unspecified atom stereocenters. The van der Waals surface area contributed by atoms with Crippen LogP contribution in [0.3, 0.4) is 0 Å². The smallest absolute Gasteiger partial charge is 0.289 e. The molecule has 0 fully saturated rings. The number of nitrogens with one attached hydrogen (secondary N) is 3. The fourth-order valence-corrected chi connectivity index (χ4v) is 3.17. The van der Waals surface area contributed by atoms with Gasteiger partial charge in [0.1, 0.15) is 10.7 Å². The van der Waals surface area contributed by atoms with Crippen molar-refractivity contribution in [2.24, 2.45) is 0 Å². The van der Waals surface area contributed by atoms with Crippen molar-refractivity contribution < 1.29 is 4.79 Å². The predicted molar refractivity (Wildman–Crippen MR) is 111 cm³/mol. The minimum atomic E-state index is -0.310. The number of thiocarbonyl (C=S) groups is 1. The number of rotatable bonds is 7. The summed E-state index contributed by atoms with van der Waals surface area (Å²) in [5.41, 5.74) is 7.93. The van der Waals surface area contributed by atoms with Gasteiger partial charge in [-0.05, 0) is 51.3 Å². The molecule has 2 rings (SSSR count). The summed E-state index contributed by atoms with van der Waals surface area (Å²) >= 11 is 6.58. The van der Waals surface area contributed by atoms with E-state index < -0.39 is 0 Å². The van der Waals surface area contributed by atoms with Crippen LogP contribution in [0.1, 0.15) is 29.4 Å². The molecular weight excluding hydrogens is 366 g/mol. The number of carbonyl (C=O) groups excluding carboxylic acids is 1. The summed E-state index contributed by atoms with van der Waals surface area (Å²) in [6, 6.07) is 8.23. The maximum Gasteiger partial charge on any atom is 0.289 e. The SMILES string of the molecule is CCc1ccc(-c2nc(C(=O)NNC(=S)NCCCN(C)C)cs2)cc1. The van der Waals surface area contributed by atoms with E-state index in [1.165, 1.54) is 16.9 Å². The van der Waals surface area contributed by atoms with Gasteiger partial charge in [-0.1, -0.05) is 31.2 Å². The van der Waals surface area contributed by atoms with Crippen LogP contribution in [0.15, 0.2) is 29.6 Å². The molecule has 0 atom stereocenters. The van der Waals surface area contributed by atoms with E-state index >= 15 is 0 Å². The molecule has 8 heteroatoms. The molecule has 1 aromatic carbocycles. The van der Waals surface area contributed by atoms with Crippen LogP contribution in [0.25, 0.3) is 10.6 Å². The van der Waals surface area contributed by atoms with Crippen LogP contribution in [0.5, 0.6) is 0 Å². The van der Waals surface area contributed by atoms with Gasteiger partial charge in [0.2, 0.25) is 0 Å². The van der Waals surface area contributed by atoms with Crippen molar-refractivity contribution in [2.45, 2.75) is 19.8 Å². The molecule has 0 aliphatic rings. The van der Waals surface area contributed by atoms with Crippen molar-refractivity contribution in [1.82, 2.24) is 26.1 Å². The lowest BCUT2D eigenvalue weighted by Gasteiger charge is -2.12. The number of amides is 1. The van der Waals surface area contributed by atoms with E-state index in [0.717, 1.165) is 36.5 Å². The molecule has 0 aliphatic carbocycles. The quantitative estimate of drug-likeness (QED) is 0.383. The Balaban J connectivity index is 1.81. The van der Waals surface area contributed by atoms with Crippen LogP contribution < -0.4 is 16.2 Å². The number of benzene rings is 1. The topological polar surface area (TPSA) is 69.3 Å². The van der Waals surface area contributed by atoms with Crippen molar-refractivity contribution in [3.63, 3.8) is 0 Å². The van der Waals surface area contributed by atoms with E-state index in [9.17, 15) is 4.79 Å². The van der Waals surface area contributed by atoms with Gasteiger partial charge in [-0.2, -0.15) is 0 Å². The predicted octanol–water partition coefficient (Wildman–Crippen LogP) is 2.43. The summed E-state index contributed by atoms with van der Waals surface area (Å²) in [5, 5.41) is 6.00. The third kappa shape index (κ3) is 6.36. The van der Waals surface area contributed by atoms with Gasteiger partial charge < -0.3 is 10.2 Å². The van der Waals surface area contributed by atoms with Crippen molar-refractivity contribution in [1.29, 1.82) is 0 Å². The van der Waals surface area contributed by atoms with Gasteiger partial charge in [0.15, 0.2) is 5.11 Å². The third-order valence-corrected chi connectivity index (χ3v) is 4.84. The summed E-state index contributed by atoms with van der Waals surface area (Å²) in [6.45, 7) is 3.84. The molecule has 0 aliphatic heterocycles. The Kier molecular flexibility index (Phi) is 7.96. The fourth-order valence-electron chi connectivity index (χ4n) is 2.21. The van der Waals surface area contributed by atoms with Crippen LogP contribution in [0, 0.1) is 0 Å². The Morgan fingerprint density at radius 3 is 2.62 bits per heavy atom. The summed E-state index contributed by atoms with van der Waals surface area (Å²) in [4.78, 5) is 18.7. The number of carbonyl (C=O) groups is 1. The Morgan fingerprint density at radius 1 is 1.23 bits per heavy atom. The van der Waals surface area contributed by atoms with Gasteiger partial charge >= 0.3 is 0 Å². The van der Waals surface area contributed by atoms with Gasteiger partial charge in [-0.3, -0.25) is 15.6 Å². The van der Waals surface area contributed by atoms with Gasteiger partial charge in [0, 0.05) is 17.5 Å². The highest BCUT2D eigenvalue weighted by atomic mass is 32.1. The van der Waals surface area contributed by atoms with Crippen molar-refractivity contribution in [3.8, 4) is 10.6 Å². The maximum atomic E-state index is 12.2. The number of hydrogen-bond donors (Lipinski definition) is 3. The molecule has 0 spiro atoms. The van der Waals surface area contributed by atoms with E-state index in [1.54, 1.807) is 5.38 Å². The Morgan fingerprint density at radius 2 is 1.96 bits per heavy atom. The number of aromatic nitrogens is 1. The van der Waals surface area contributed by atoms with Crippen LogP contribution in [0.4, 0.5) is 0 Å². The largest absolute Gasteiger partial charge is 0.361 e. The molecule has 1 aromatic heterocycles. The van der Waals surface area contributed by atoms with E-state index in [2.05, 4.69) is 45.1 Å². The average Bonchev–Trinajstić information content (AvgIpc) is 3.13. The standard InChI is InChI=1S/C18H25N5OS2/c1-4-13-6-8-14(9-7-13)17-20-15(12-26-17)16(24)21-22-18(25)19-10-5-11-23(2)3/h6-9,12H,4-5,10-11H2,1-3H3,(H,21,24)(H2,19,22,25). The van der Waals surface area contributed by atoms with E-state index in [-0.39, 0.29) is 5.91 Å². The number of thiazole rings is 1. The minimum absolute atomic E-state index is 0.310. The lowest BCUT2D eigenvalue weighted by atomic mass is 10.1. The molecule has 26 heavy (non-hydrogen) atoms. The highest BCUT2D eigenvalue weighted by Gasteiger charge is 2.12. The van der Waals surface area contributed by atoms with Crippen molar-refractivity contribution in [3.05, 3.63) is 40.9 Å². The highest BCUT2D eigenvalue weighted by molar-refractivity contribution is 7.80. The molecule has 140 valence electrons. The van der Waals surface area contributed by atoms with Crippen LogP contribution in [0.2, 0.25) is 0 Å². The zero-order valence-corrected chi connectivity index (χ0v) is 17.0. The summed E-state index contributed by atoms with van der Waals surface area (Å²) in [6.07, 6.45) is 1.97. The Labute approximate surface area is 164 Å². The molecule has 0 bridgehead atoms. The molecule has 1 amide bonds. The second kappa shape index (κ2) is 10.2. The van der Waals surface area contributed by atoms with E-state index in [4.69, 9.17) is 12.2 Å². The molecule has 1 heterocycles. The second-order valence-corrected chi connectivity index (χ2v) is 7.35. The van der Waals surface area contributed by atoms with Gasteiger partial charge in [-0.15, -0.1) is 11.3 Å². The minimum Gasteiger partial charge on any atom is -0.361 e.